The third-order valence-corrected chi connectivity index (χ3v) is 2.47. The SMILES string of the molecule is CC(=O)O[C@@]1(C)C(=O)Nc2ccccc21. The maximum atomic E-state index is 11.7. The molecule has 15 heavy (non-hydrogen) atoms. The Morgan fingerprint density at radius 1 is 1.40 bits per heavy atom. The molecule has 4 nitrogen and oxygen atoms in total. The van der Waals surface area contributed by atoms with Crippen LogP contribution in [0, 0.1) is 0 Å². The lowest BCUT2D eigenvalue weighted by Gasteiger charge is -2.21. The van der Waals surface area contributed by atoms with Gasteiger partial charge in [-0.15, -0.1) is 0 Å². The topological polar surface area (TPSA) is 55.4 Å². The average Bonchev–Trinajstić information content (AvgIpc) is 2.39. The predicted octanol–water partition coefficient (Wildman–Crippen LogP) is 1.42. The van der Waals surface area contributed by atoms with E-state index in [0.717, 1.165) is 0 Å². The molecule has 1 aromatic rings. The van der Waals surface area contributed by atoms with Crippen LogP contribution in [0.25, 0.3) is 0 Å². The highest BCUT2D eigenvalue weighted by molar-refractivity contribution is 6.05. The number of rotatable bonds is 1. The van der Waals surface area contributed by atoms with Crippen molar-refractivity contribution in [2.75, 3.05) is 5.32 Å². The number of hydrogen-bond acceptors (Lipinski definition) is 3. The van der Waals surface area contributed by atoms with E-state index >= 15 is 0 Å². The molecule has 0 radical (unpaired) electrons. The molecule has 1 N–H and O–H groups in total. The van der Waals surface area contributed by atoms with E-state index in [9.17, 15) is 9.59 Å². The number of carbonyl (C=O) groups excluding carboxylic acids is 2. The number of fused-ring (bicyclic) bond motifs is 1. The summed E-state index contributed by atoms with van der Waals surface area (Å²) in [7, 11) is 0. The van der Waals surface area contributed by atoms with Crippen molar-refractivity contribution in [3.05, 3.63) is 29.8 Å². The zero-order chi connectivity index (χ0) is 11.1. The van der Waals surface area contributed by atoms with Crippen LogP contribution in [0.2, 0.25) is 0 Å². The molecule has 78 valence electrons. The van der Waals surface area contributed by atoms with Crippen LogP contribution in [0.1, 0.15) is 19.4 Å². The molecular formula is C11H11NO3. The molecule has 0 aromatic heterocycles. The van der Waals surface area contributed by atoms with Crippen LogP contribution in [0.5, 0.6) is 0 Å². The Morgan fingerprint density at radius 3 is 2.73 bits per heavy atom. The minimum Gasteiger partial charge on any atom is -0.444 e. The van der Waals surface area contributed by atoms with Gasteiger partial charge in [0.15, 0.2) is 0 Å². The van der Waals surface area contributed by atoms with Crippen molar-refractivity contribution in [2.45, 2.75) is 19.4 Å². The molecule has 2 rings (SSSR count). The summed E-state index contributed by atoms with van der Waals surface area (Å²) in [6.45, 7) is 2.88. The van der Waals surface area contributed by atoms with Gasteiger partial charge in [0.2, 0.25) is 5.60 Å². The Bertz CT molecular complexity index is 441. The van der Waals surface area contributed by atoms with E-state index in [1.165, 1.54) is 6.92 Å². The van der Waals surface area contributed by atoms with Crippen molar-refractivity contribution >= 4 is 17.6 Å². The molecule has 0 unspecified atom stereocenters. The first-order chi connectivity index (χ1) is 7.04. The number of para-hydroxylation sites is 1. The highest BCUT2D eigenvalue weighted by Gasteiger charge is 2.45. The molecule has 0 bridgehead atoms. The fourth-order valence-electron chi connectivity index (χ4n) is 1.76. The second-order valence-electron chi connectivity index (χ2n) is 3.63. The monoisotopic (exact) mass is 205 g/mol. The van der Waals surface area contributed by atoms with Gasteiger partial charge in [-0.25, -0.2) is 0 Å². The summed E-state index contributed by atoms with van der Waals surface area (Å²) >= 11 is 0. The standard InChI is InChI=1S/C11H11NO3/c1-7(13)15-11(2)8-5-3-4-6-9(8)12-10(11)14/h3-6H,1-2H3,(H,12,14)/t11-/m1/s1. The second kappa shape index (κ2) is 3.08. The molecule has 0 fully saturated rings. The Balaban J connectivity index is 2.49. The van der Waals surface area contributed by atoms with Crippen molar-refractivity contribution < 1.29 is 14.3 Å². The van der Waals surface area contributed by atoms with Crippen molar-refractivity contribution in [3.8, 4) is 0 Å². The van der Waals surface area contributed by atoms with Crippen molar-refractivity contribution in [1.82, 2.24) is 0 Å². The van der Waals surface area contributed by atoms with Gasteiger partial charge in [-0.05, 0) is 13.0 Å². The lowest BCUT2D eigenvalue weighted by molar-refractivity contribution is -0.162. The van der Waals surface area contributed by atoms with Crippen LogP contribution in [0.4, 0.5) is 5.69 Å². The Morgan fingerprint density at radius 2 is 2.07 bits per heavy atom. The van der Waals surface area contributed by atoms with E-state index < -0.39 is 11.6 Å². The molecule has 0 aliphatic carbocycles. The van der Waals surface area contributed by atoms with Crippen LogP contribution in [-0.2, 0) is 19.9 Å². The van der Waals surface area contributed by atoms with Crippen LogP contribution in [0.3, 0.4) is 0 Å². The summed E-state index contributed by atoms with van der Waals surface area (Å²) in [6, 6.07) is 7.18. The van der Waals surface area contributed by atoms with Gasteiger partial charge in [0, 0.05) is 18.2 Å². The van der Waals surface area contributed by atoms with Crippen molar-refractivity contribution in [2.24, 2.45) is 0 Å². The quantitative estimate of drug-likeness (QED) is 0.705. The largest absolute Gasteiger partial charge is 0.444 e. The molecule has 1 amide bonds. The molecule has 1 aromatic carbocycles. The summed E-state index contributed by atoms with van der Waals surface area (Å²) in [4.78, 5) is 22.7. The summed E-state index contributed by atoms with van der Waals surface area (Å²) in [5, 5.41) is 2.68. The number of ether oxygens (including phenoxy) is 1. The molecule has 4 heteroatoms. The zero-order valence-electron chi connectivity index (χ0n) is 8.53. The molecule has 1 aliphatic heterocycles. The fraction of sp³-hybridized carbons (Fsp3) is 0.273. The summed E-state index contributed by atoms with van der Waals surface area (Å²) in [5.41, 5.74) is 0.207. The normalized spacial score (nSPS) is 23.2. The fourth-order valence-corrected chi connectivity index (χ4v) is 1.76. The van der Waals surface area contributed by atoms with Crippen molar-refractivity contribution in [1.29, 1.82) is 0 Å². The summed E-state index contributed by atoms with van der Waals surface area (Å²) in [6.07, 6.45) is 0. The number of benzene rings is 1. The number of esters is 1. The zero-order valence-corrected chi connectivity index (χ0v) is 8.53. The first-order valence-electron chi connectivity index (χ1n) is 4.64. The minimum absolute atomic E-state index is 0.307. The van der Waals surface area contributed by atoms with Crippen LogP contribution < -0.4 is 5.32 Å². The lowest BCUT2D eigenvalue weighted by Crippen LogP contribution is -2.35. The summed E-state index contributed by atoms with van der Waals surface area (Å²) in [5.74, 6) is -0.775. The maximum absolute atomic E-state index is 11.7. The van der Waals surface area contributed by atoms with E-state index in [2.05, 4.69) is 5.32 Å². The highest BCUT2D eigenvalue weighted by atomic mass is 16.6. The number of amides is 1. The smallest absolute Gasteiger partial charge is 0.304 e. The molecule has 1 atom stereocenters. The summed E-state index contributed by atoms with van der Waals surface area (Å²) < 4.78 is 5.09. The highest BCUT2D eigenvalue weighted by Crippen LogP contribution is 2.38. The Kier molecular flexibility index (Phi) is 2.00. The van der Waals surface area contributed by atoms with Gasteiger partial charge in [0.25, 0.3) is 5.91 Å². The van der Waals surface area contributed by atoms with Gasteiger partial charge in [-0.1, -0.05) is 18.2 Å². The molecule has 0 spiro atoms. The van der Waals surface area contributed by atoms with E-state index in [4.69, 9.17) is 4.74 Å². The number of anilines is 1. The van der Waals surface area contributed by atoms with Gasteiger partial charge in [0.05, 0.1) is 0 Å². The third-order valence-electron chi connectivity index (χ3n) is 2.47. The predicted molar refractivity (Wildman–Crippen MR) is 54.2 cm³/mol. The number of carbonyl (C=O) groups is 2. The lowest BCUT2D eigenvalue weighted by atomic mass is 9.97. The Hall–Kier alpha value is -1.84. The van der Waals surface area contributed by atoms with Crippen LogP contribution >= 0.6 is 0 Å². The van der Waals surface area contributed by atoms with Gasteiger partial charge in [-0.2, -0.15) is 0 Å². The van der Waals surface area contributed by atoms with Crippen LogP contribution in [-0.4, -0.2) is 11.9 Å². The Labute approximate surface area is 87.2 Å². The van der Waals surface area contributed by atoms with E-state index in [-0.39, 0.29) is 5.91 Å². The third kappa shape index (κ3) is 1.38. The second-order valence-corrected chi connectivity index (χ2v) is 3.63. The molecule has 0 saturated carbocycles. The number of nitrogens with one attached hydrogen (secondary N) is 1. The average molecular weight is 205 g/mol. The van der Waals surface area contributed by atoms with E-state index in [1.807, 2.05) is 6.07 Å². The van der Waals surface area contributed by atoms with Crippen molar-refractivity contribution in [3.63, 3.8) is 0 Å². The molecular weight excluding hydrogens is 194 g/mol. The molecule has 1 aliphatic rings. The van der Waals surface area contributed by atoms with Gasteiger partial charge < -0.3 is 10.1 Å². The molecule has 0 saturated heterocycles. The first kappa shape index (κ1) is 9.71. The van der Waals surface area contributed by atoms with Gasteiger partial charge >= 0.3 is 5.97 Å². The first-order valence-corrected chi connectivity index (χ1v) is 4.64. The van der Waals surface area contributed by atoms with Gasteiger partial charge in [0.1, 0.15) is 0 Å². The molecule has 1 heterocycles. The van der Waals surface area contributed by atoms with E-state index in [0.29, 0.717) is 11.3 Å². The number of hydrogen-bond donors (Lipinski definition) is 1. The van der Waals surface area contributed by atoms with E-state index in [1.54, 1.807) is 25.1 Å². The minimum atomic E-state index is -1.19. The van der Waals surface area contributed by atoms with Crippen LogP contribution in [0.15, 0.2) is 24.3 Å². The maximum Gasteiger partial charge on any atom is 0.304 e. The van der Waals surface area contributed by atoms with Gasteiger partial charge in [-0.3, -0.25) is 9.59 Å².